The highest BCUT2D eigenvalue weighted by Crippen LogP contribution is 2.31. The van der Waals surface area contributed by atoms with Gasteiger partial charge in [0.25, 0.3) is 0 Å². The molecule has 2 amide bonds. The number of thiophene rings is 1. The van der Waals surface area contributed by atoms with E-state index in [1.54, 1.807) is 11.3 Å². The van der Waals surface area contributed by atoms with Crippen molar-refractivity contribution in [1.82, 2.24) is 10.6 Å². The fourth-order valence-corrected chi connectivity index (χ4v) is 5.57. The highest BCUT2D eigenvalue weighted by molar-refractivity contribution is 7.81. The number of benzene rings is 2. The van der Waals surface area contributed by atoms with Crippen LogP contribution < -0.4 is 10.6 Å². The first-order valence-corrected chi connectivity index (χ1v) is 13.5. The molecule has 36 heavy (non-hydrogen) atoms. The molecule has 0 aliphatic heterocycles. The smallest absolute Gasteiger partial charge is 0.326 e. The van der Waals surface area contributed by atoms with Crippen molar-refractivity contribution in [2.75, 3.05) is 0 Å². The molecule has 1 heterocycles. The Morgan fingerprint density at radius 2 is 1.58 bits per heavy atom. The molecule has 6 nitrogen and oxygen atoms in total. The zero-order valence-electron chi connectivity index (χ0n) is 19.9. The summed E-state index contributed by atoms with van der Waals surface area (Å²) < 4.78 is 0. The van der Waals surface area contributed by atoms with Gasteiger partial charge in [-0.2, -0.15) is 24.0 Å². The molecule has 8 heteroatoms. The summed E-state index contributed by atoms with van der Waals surface area (Å²) in [6.45, 7) is 0. The van der Waals surface area contributed by atoms with Gasteiger partial charge < -0.3 is 15.7 Å². The third-order valence-corrected chi connectivity index (χ3v) is 7.78. The number of thiol groups is 1. The molecule has 2 aromatic carbocycles. The monoisotopic (exact) mass is 522 g/mol. The number of aliphatic carboxylic acids is 1. The van der Waals surface area contributed by atoms with Crippen molar-refractivity contribution < 1.29 is 19.5 Å². The van der Waals surface area contributed by atoms with E-state index in [4.69, 9.17) is 0 Å². The molecule has 0 radical (unpaired) electrons. The largest absolute Gasteiger partial charge is 0.480 e. The second-order valence-electron chi connectivity index (χ2n) is 9.26. The summed E-state index contributed by atoms with van der Waals surface area (Å²) in [5.41, 5.74) is 2.84. The summed E-state index contributed by atoms with van der Waals surface area (Å²) in [6, 6.07) is 18.2. The van der Waals surface area contributed by atoms with E-state index in [0.29, 0.717) is 19.3 Å². The van der Waals surface area contributed by atoms with Crippen molar-refractivity contribution in [2.45, 2.75) is 55.4 Å². The second-order valence-corrected chi connectivity index (χ2v) is 10.7. The predicted molar refractivity (Wildman–Crippen MR) is 145 cm³/mol. The predicted octanol–water partition coefficient (Wildman–Crippen LogP) is 4.50. The summed E-state index contributed by atoms with van der Waals surface area (Å²) in [6.07, 6.45) is 3.10. The lowest BCUT2D eigenvalue weighted by Crippen LogP contribution is -2.61. The van der Waals surface area contributed by atoms with Crippen LogP contribution in [0.1, 0.15) is 36.8 Å². The van der Waals surface area contributed by atoms with Crippen LogP contribution in [-0.4, -0.2) is 39.7 Å². The highest BCUT2D eigenvalue weighted by Gasteiger charge is 2.44. The van der Waals surface area contributed by atoms with Gasteiger partial charge in [0.2, 0.25) is 11.8 Å². The first kappa shape index (κ1) is 26.0. The third-order valence-electron chi connectivity index (χ3n) is 6.68. The molecule has 3 aromatic rings. The lowest BCUT2D eigenvalue weighted by Gasteiger charge is -2.31. The third kappa shape index (κ3) is 6.36. The molecule has 0 saturated heterocycles. The van der Waals surface area contributed by atoms with Crippen LogP contribution in [-0.2, 0) is 27.2 Å². The number of carboxylic acids is 1. The maximum Gasteiger partial charge on any atom is 0.326 e. The van der Waals surface area contributed by atoms with Gasteiger partial charge in [-0.3, -0.25) is 9.59 Å². The molecule has 1 saturated carbocycles. The Balaban J connectivity index is 1.42. The van der Waals surface area contributed by atoms with Gasteiger partial charge in [0.05, 0.1) is 5.25 Å². The van der Waals surface area contributed by atoms with E-state index in [-0.39, 0.29) is 12.3 Å². The fourth-order valence-electron chi connectivity index (χ4n) is 4.63. The van der Waals surface area contributed by atoms with Crippen LogP contribution in [0.15, 0.2) is 71.4 Å². The van der Waals surface area contributed by atoms with Gasteiger partial charge in [-0.1, -0.05) is 67.4 Å². The average molecular weight is 523 g/mol. The van der Waals surface area contributed by atoms with Crippen molar-refractivity contribution in [3.05, 3.63) is 82.6 Å². The number of carboxylic acid groups (broad SMARTS) is 1. The number of hydrogen-bond donors (Lipinski definition) is 4. The summed E-state index contributed by atoms with van der Waals surface area (Å²) in [7, 11) is 0. The fraction of sp³-hybridized carbons (Fsp3) is 0.321. The van der Waals surface area contributed by atoms with Gasteiger partial charge in [0, 0.05) is 6.42 Å². The number of rotatable bonds is 10. The van der Waals surface area contributed by atoms with Gasteiger partial charge >= 0.3 is 5.97 Å². The maximum absolute atomic E-state index is 13.4. The molecular weight excluding hydrogens is 492 g/mol. The van der Waals surface area contributed by atoms with Crippen LogP contribution in [0.25, 0.3) is 11.1 Å². The first-order chi connectivity index (χ1) is 17.4. The summed E-state index contributed by atoms with van der Waals surface area (Å²) in [5, 5.41) is 18.9. The molecule has 4 rings (SSSR count). The molecule has 1 fully saturated rings. The number of hydrogen-bond acceptors (Lipinski definition) is 5. The Kier molecular flexibility index (Phi) is 8.48. The molecule has 2 atom stereocenters. The number of carbonyl (C=O) groups is 3. The number of nitrogens with one attached hydrogen (secondary N) is 2. The molecule has 2 unspecified atom stereocenters. The Hall–Kier alpha value is -3.10. The molecule has 188 valence electrons. The lowest BCUT2D eigenvalue weighted by molar-refractivity contribution is -0.143. The van der Waals surface area contributed by atoms with Crippen molar-refractivity contribution in [1.29, 1.82) is 0 Å². The van der Waals surface area contributed by atoms with Gasteiger partial charge in [-0.15, -0.1) is 0 Å². The molecule has 3 N–H and O–H groups in total. The zero-order chi connectivity index (χ0) is 25.5. The van der Waals surface area contributed by atoms with E-state index in [9.17, 15) is 19.5 Å². The highest BCUT2D eigenvalue weighted by atomic mass is 32.1. The molecule has 1 aromatic heterocycles. The van der Waals surface area contributed by atoms with Crippen molar-refractivity contribution >= 4 is 41.7 Å². The number of carbonyl (C=O) groups excluding carboxylic acids is 2. The van der Waals surface area contributed by atoms with Crippen LogP contribution in [0.5, 0.6) is 0 Å². The van der Waals surface area contributed by atoms with Gasteiger partial charge in [0.1, 0.15) is 11.6 Å². The maximum atomic E-state index is 13.4. The average Bonchev–Trinajstić information content (AvgIpc) is 3.58. The Bertz CT molecular complexity index is 1170. The Morgan fingerprint density at radius 3 is 2.19 bits per heavy atom. The normalized spacial score (nSPS) is 16.1. The van der Waals surface area contributed by atoms with E-state index in [1.807, 2.05) is 66.0 Å². The summed E-state index contributed by atoms with van der Waals surface area (Å²) in [4.78, 5) is 38.4. The van der Waals surface area contributed by atoms with Crippen LogP contribution in [0.2, 0.25) is 0 Å². The molecule has 1 aliphatic carbocycles. The lowest BCUT2D eigenvalue weighted by atomic mass is 9.94. The second kappa shape index (κ2) is 11.8. The Morgan fingerprint density at radius 1 is 0.917 bits per heavy atom. The van der Waals surface area contributed by atoms with E-state index in [1.165, 1.54) is 0 Å². The van der Waals surface area contributed by atoms with Crippen molar-refractivity contribution in [2.24, 2.45) is 0 Å². The van der Waals surface area contributed by atoms with Gasteiger partial charge in [-0.05, 0) is 58.3 Å². The summed E-state index contributed by atoms with van der Waals surface area (Å²) >= 11 is 6.09. The van der Waals surface area contributed by atoms with Crippen LogP contribution in [0.3, 0.4) is 0 Å². The van der Waals surface area contributed by atoms with Crippen LogP contribution >= 0.6 is 24.0 Å². The topological polar surface area (TPSA) is 95.5 Å². The van der Waals surface area contributed by atoms with E-state index >= 15 is 0 Å². The van der Waals surface area contributed by atoms with Crippen molar-refractivity contribution in [3.63, 3.8) is 0 Å². The Labute approximate surface area is 220 Å². The zero-order valence-corrected chi connectivity index (χ0v) is 21.6. The molecular formula is C28H30N2O4S2. The first-order valence-electron chi connectivity index (χ1n) is 12.1. The summed E-state index contributed by atoms with van der Waals surface area (Å²) in [5.74, 6) is -1.88. The number of amides is 2. The standard InChI is InChI=1S/C28H30N2O4S2/c31-25(24(35)17-19-6-2-1-3-7-19)30-28(13-4-5-14-28)27(34)29-23(26(32)33)16-20-8-10-21(11-9-20)22-12-15-36-18-22/h1-3,6-12,15,18,23-24,35H,4-5,13-14,16-17H2,(H,29,34)(H,30,31)(H,32,33). The van der Waals surface area contributed by atoms with Gasteiger partial charge in [0.15, 0.2) is 0 Å². The van der Waals surface area contributed by atoms with E-state index in [0.717, 1.165) is 35.1 Å². The van der Waals surface area contributed by atoms with E-state index < -0.39 is 28.7 Å². The van der Waals surface area contributed by atoms with Gasteiger partial charge in [-0.25, -0.2) is 4.79 Å². The minimum atomic E-state index is -1.12. The minimum absolute atomic E-state index is 0.151. The van der Waals surface area contributed by atoms with Crippen LogP contribution in [0, 0.1) is 0 Å². The molecule has 1 aliphatic rings. The SMILES string of the molecule is O=C(NC1(C(=O)NC(Cc2ccc(-c3ccsc3)cc2)C(=O)O)CCCC1)C(S)Cc1ccccc1. The van der Waals surface area contributed by atoms with Crippen molar-refractivity contribution in [3.8, 4) is 11.1 Å². The molecule has 0 spiro atoms. The quantitative estimate of drug-likeness (QED) is 0.295. The van der Waals surface area contributed by atoms with Crippen LogP contribution in [0.4, 0.5) is 0 Å². The molecule has 0 bridgehead atoms. The van der Waals surface area contributed by atoms with E-state index in [2.05, 4.69) is 28.6 Å². The minimum Gasteiger partial charge on any atom is -0.480 e.